The van der Waals surface area contributed by atoms with E-state index >= 15 is 0 Å². The Morgan fingerprint density at radius 1 is 1.25 bits per heavy atom. The van der Waals surface area contributed by atoms with E-state index in [9.17, 15) is 4.79 Å². The van der Waals surface area contributed by atoms with Crippen molar-refractivity contribution in [3.8, 4) is 11.3 Å². The van der Waals surface area contributed by atoms with E-state index in [1.54, 1.807) is 11.3 Å². The van der Waals surface area contributed by atoms with Gasteiger partial charge < -0.3 is 5.32 Å². The number of thiazole rings is 1. The highest BCUT2D eigenvalue weighted by atomic mass is 32.1. The van der Waals surface area contributed by atoms with Gasteiger partial charge in [-0.1, -0.05) is 32.9 Å². The zero-order valence-corrected chi connectivity index (χ0v) is 13.2. The largest absolute Gasteiger partial charge is 0.326 e. The van der Waals surface area contributed by atoms with E-state index in [0.29, 0.717) is 6.42 Å². The highest BCUT2D eigenvalue weighted by molar-refractivity contribution is 7.09. The lowest BCUT2D eigenvalue weighted by molar-refractivity contribution is -0.117. The fourth-order valence-electron chi connectivity index (χ4n) is 1.91. The number of aromatic nitrogens is 1. The molecule has 20 heavy (non-hydrogen) atoms. The summed E-state index contributed by atoms with van der Waals surface area (Å²) < 4.78 is 0. The van der Waals surface area contributed by atoms with Crippen LogP contribution in [0.25, 0.3) is 11.3 Å². The number of hydrogen-bond acceptors (Lipinski definition) is 3. The quantitative estimate of drug-likeness (QED) is 0.904. The van der Waals surface area contributed by atoms with E-state index in [2.05, 4.69) is 31.1 Å². The van der Waals surface area contributed by atoms with Gasteiger partial charge in [0.1, 0.15) is 0 Å². The van der Waals surface area contributed by atoms with E-state index in [4.69, 9.17) is 0 Å². The van der Waals surface area contributed by atoms with E-state index in [0.717, 1.165) is 22.0 Å². The van der Waals surface area contributed by atoms with Crippen LogP contribution in [0.3, 0.4) is 0 Å². The molecule has 0 aliphatic carbocycles. The predicted octanol–water partition coefficient (Wildman–Crippen LogP) is 4.49. The van der Waals surface area contributed by atoms with Crippen LogP contribution in [0.5, 0.6) is 0 Å². The van der Waals surface area contributed by atoms with Gasteiger partial charge in [0.2, 0.25) is 5.91 Å². The van der Waals surface area contributed by atoms with Crippen LogP contribution in [0.1, 0.15) is 32.2 Å². The zero-order chi connectivity index (χ0) is 14.8. The average molecular weight is 288 g/mol. The van der Waals surface area contributed by atoms with Gasteiger partial charge in [0.15, 0.2) is 0 Å². The van der Waals surface area contributed by atoms with Crippen molar-refractivity contribution in [2.75, 3.05) is 5.32 Å². The maximum absolute atomic E-state index is 11.9. The smallest absolute Gasteiger partial charge is 0.224 e. The van der Waals surface area contributed by atoms with Gasteiger partial charge in [-0.05, 0) is 24.5 Å². The molecule has 0 aliphatic rings. The highest BCUT2D eigenvalue weighted by Gasteiger charge is 2.15. The van der Waals surface area contributed by atoms with E-state index < -0.39 is 0 Å². The summed E-state index contributed by atoms with van der Waals surface area (Å²) in [5.41, 5.74) is 2.89. The fraction of sp³-hybridized carbons (Fsp3) is 0.375. The Balaban J connectivity index is 2.03. The second kappa shape index (κ2) is 5.75. The van der Waals surface area contributed by atoms with Crippen LogP contribution in [0.15, 0.2) is 29.6 Å². The summed E-state index contributed by atoms with van der Waals surface area (Å²) >= 11 is 1.64. The lowest BCUT2D eigenvalue weighted by atomic mass is 9.92. The Labute approximate surface area is 124 Å². The first-order valence-electron chi connectivity index (χ1n) is 6.66. The van der Waals surface area contributed by atoms with Crippen molar-refractivity contribution in [3.63, 3.8) is 0 Å². The van der Waals surface area contributed by atoms with Crippen molar-refractivity contribution < 1.29 is 4.79 Å². The normalized spacial score (nSPS) is 11.4. The van der Waals surface area contributed by atoms with E-state index in [1.165, 1.54) is 0 Å². The maximum Gasteiger partial charge on any atom is 0.224 e. The molecule has 106 valence electrons. The van der Waals surface area contributed by atoms with E-state index in [-0.39, 0.29) is 11.3 Å². The molecule has 0 radical (unpaired) electrons. The average Bonchev–Trinajstić information content (AvgIpc) is 2.74. The van der Waals surface area contributed by atoms with Gasteiger partial charge in [0, 0.05) is 23.1 Å². The third kappa shape index (κ3) is 4.17. The number of benzene rings is 1. The monoisotopic (exact) mass is 288 g/mol. The number of nitrogens with zero attached hydrogens (tertiary/aromatic N) is 1. The van der Waals surface area contributed by atoms with Gasteiger partial charge in [-0.2, -0.15) is 0 Å². The van der Waals surface area contributed by atoms with Crippen molar-refractivity contribution >= 4 is 22.9 Å². The third-order valence-corrected chi connectivity index (χ3v) is 3.55. The van der Waals surface area contributed by atoms with Crippen molar-refractivity contribution in [1.82, 2.24) is 4.98 Å². The second-order valence-electron chi connectivity index (χ2n) is 6.11. The molecule has 0 unspecified atom stereocenters. The van der Waals surface area contributed by atoms with Gasteiger partial charge in [-0.3, -0.25) is 4.79 Å². The van der Waals surface area contributed by atoms with Crippen LogP contribution >= 0.6 is 11.3 Å². The number of hydrogen-bond donors (Lipinski definition) is 1. The molecule has 0 spiro atoms. The Morgan fingerprint density at radius 3 is 2.40 bits per heavy atom. The summed E-state index contributed by atoms with van der Waals surface area (Å²) in [6.45, 7) is 8.16. The molecule has 3 nitrogen and oxygen atoms in total. The van der Waals surface area contributed by atoms with Gasteiger partial charge >= 0.3 is 0 Å². The summed E-state index contributed by atoms with van der Waals surface area (Å²) in [7, 11) is 0. The Morgan fingerprint density at radius 2 is 1.90 bits per heavy atom. The van der Waals surface area contributed by atoms with Crippen LogP contribution in [-0.2, 0) is 4.79 Å². The fourth-order valence-corrected chi connectivity index (χ4v) is 2.53. The van der Waals surface area contributed by atoms with Crippen molar-refractivity contribution in [3.05, 3.63) is 34.7 Å². The van der Waals surface area contributed by atoms with Crippen molar-refractivity contribution in [1.29, 1.82) is 0 Å². The van der Waals surface area contributed by atoms with Crippen LogP contribution in [0.4, 0.5) is 5.69 Å². The molecule has 1 heterocycles. The number of carbonyl (C=O) groups is 1. The summed E-state index contributed by atoms with van der Waals surface area (Å²) in [5.74, 6) is 0.0507. The van der Waals surface area contributed by atoms with Gasteiger partial charge in [-0.15, -0.1) is 11.3 Å². The molecule has 1 aromatic heterocycles. The first-order chi connectivity index (χ1) is 9.33. The Kier molecular flexibility index (Phi) is 4.23. The molecule has 2 rings (SSSR count). The maximum atomic E-state index is 11.9. The minimum Gasteiger partial charge on any atom is -0.326 e. The number of anilines is 1. The first kappa shape index (κ1) is 14.7. The summed E-state index contributed by atoms with van der Waals surface area (Å²) in [6.07, 6.45) is 0.514. The third-order valence-electron chi connectivity index (χ3n) is 2.77. The second-order valence-corrected chi connectivity index (χ2v) is 7.18. The summed E-state index contributed by atoms with van der Waals surface area (Å²) in [6, 6.07) is 7.82. The minimum absolute atomic E-state index is 0.00213. The number of aryl methyl sites for hydroxylation is 1. The number of carbonyl (C=O) groups excluding carboxylic acids is 1. The van der Waals surface area contributed by atoms with Crippen molar-refractivity contribution in [2.45, 2.75) is 34.1 Å². The topological polar surface area (TPSA) is 42.0 Å². The number of amides is 1. The lowest BCUT2D eigenvalue weighted by Gasteiger charge is -2.17. The zero-order valence-electron chi connectivity index (χ0n) is 12.4. The van der Waals surface area contributed by atoms with Gasteiger partial charge in [0.25, 0.3) is 0 Å². The lowest BCUT2D eigenvalue weighted by Crippen LogP contribution is -2.19. The van der Waals surface area contributed by atoms with Crippen LogP contribution in [0.2, 0.25) is 0 Å². The molecule has 1 amide bonds. The van der Waals surface area contributed by atoms with Crippen molar-refractivity contribution in [2.24, 2.45) is 5.41 Å². The minimum atomic E-state index is 0.00213. The van der Waals surface area contributed by atoms with Crippen LogP contribution in [0, 0.1) is 12.3 Å². The molecule has 0 fully saturated rings. The molecule has 0 bridgehead atoms. The van der Waals surface area contributed by atoms with Gasteiger partial charge in [0.05, 0.1) is 10.7 Å². The van der Waals surface area contributed by atoms with Crippen LogP contribution < -0.4 is 5.32 Å². The number of rotatable bonds is 3. The molecule has 1 aromatic carbocycles. The summed E-state index contributed by atoms with van der Waals surface area (Å²) in [4.78, 5) is 16.3. The Bertz CT molecular complexity index is 594. The van der Waals surface area contributed by atoms with E-state index in [1.807, 2.05) is 36.6 Å². The molecule has 4 heteroatoms. The van der Waals surface area contributed by atoms with Crippen LogP contribution in [-0.4, -0.2) is 10.9 Å². The molecule has 1 N–H and O–H groups in total. The Hall–Kier alpha value is -1.68. The molecule has 2 aromatic rings. The predicted molar refractivity (Wildman–Crippen MR) is 85.0 cm³/mol. The molecule has 0 aliphatic heterocycles. The molecular formula is C16H20N2OS. The molecular weight excluding hydrogens is 268 g/mol. The summed E-state index contributed by atoms with van der Waals surface area (Å²) in [5, 5.41) is 6.03. The number of nitrogens with one attached hydrogen (secondary N) is 1. The SMILES string of the molecule is Cc1nc(-c2ccc(NC(=O)CC(C)(C)C)cc2)cs1. The molecule has 0 saturated heterocycles. The first-order valence-corrected chi connectivity index (χ1v) is 7.54. The molecule has 0 saturated carbocycles. The molecule has 0 atom stereocenters. The standard InChI is InChI=1S/C16H20N2OS/c1-11-17-14(10-20-11)12-5-7-13(8-6-12)18-15(19)9-16(2,3)4/h5-8,10H,9H2,1-4H3,(H,18,19). The highest BCUT2D eigenvalue weighted by Crippen LogP contribution is 2.24. The van der Waals surface area contributed by atoms with Gasteiger partial charge in [-0.25, -0.2) is 4.98 Å².